The van der Waals surface area contributed by atoms with Crippen LogP contribution >= 0.6 is 0 Å². The van der Waals surface area contributed by atoms with Gasteiger partial charge in [-0.15, -0.1) is 10.2 Å². The molecular formula is C24H23F2N9O3. The van der Waals surface area contributed by atoms with Crippen molar-refractivity contribution >= 4 is 11.9 Å². The maximum Gasteiger partial charge on any atom is 0.345 e. The lowest BCUT2D eigenvalue weighted by molar-refractivity contribution is -0.137. The van der Waals surface area contributed by atoms with Gasteiger partial charge in [-0.25, -0.2) is 9.97 Å². The molecule has 0 saturated carbocycles. The average molecular weight is 524 g/mol. The normalized spacial score (nSPS) is 16.5. The Morgan fingerprint density at radius 3 is 2.82 bits per heavy atom. The van der Waals surface area contributed by atoms with E-state index in [-0.39, 0.29) is 36.8 Å². The summed E-state index contributed by atoms with van der Waals surface area (Å²) in [4.78, 5) is 23.1. The molecule has 14 heteroatoms. The number of nitrogens with zero attached hydrogens (tertiary/aromatic N) is 7. The topological polar surface area (TPSA) is 148 Å². The molecule has 6 rings (SSSR count). The molecule has 1 aromatic carbocycles. The van der Waals surface area contributed by atoms with Gasteiger partial charge in [-0.05, 0) is 29.5 Å². The number of hydrogen-bond donors (Lipinski definition) is 2. The summed E-state index contributed by atoms with van der Waals surface area (Å²) >= 11 is 0. The number of aromatic nitrogens is 7. The third-order valence-corrected chi connectivity index (χ3v) is 6.60. The highest BCUT2D eigenvalue weighted by molar-refractivity contribution is 5.78. The minimum absolute atomic E-state index is 0.0150. The van der Waals surface area contributed by atoms with Gasteiger partial charge in [0.05, 0.1) is 24.4 Å². The van der Waals surface area contributed by atoms with Crippen molar-refractivity contribution in [2.24, 2.45) is 0 Å². The summed E-state index contributed by atoms with van der Waals surface area (Å²) in [6.45, 7) is -1.96. The Morgan fingerprint density at radius 1 is 1.16 bits per heavy atom. The molecule has 4 aromatic rings. The smallest absolute Gasteiger partial charge is 0.345 e. The Morgan fingerprint density at radius 2 is 1.97 bits per heavy atom. The summed E-state index contributed by atoms with van der Waals surface area (Å²) < 4.78 is 34.7. The number of ether oxygens (including phenoxy) is 1. The van der Waals surface area contributed by atoms with Gasteiger partial charge in [0, 0.05) is 31.4 Å². The van der Waals surface area contributed by atoms with Gasteiger partial charge in [0.15, 0.2) is 0 Å². The molecule has 0 fully saturated rings. The van der Waals surface area contributed by atoms with Crippen molar-refractivity contribution in [3.63, 3.8) is 0 Å². The molecule has 12 nitrogen and oxygen atoms in total. The molecule has 0 saturated heterocycles. The average Bonchev–Trinajstić information content (AvgIpc) is 3.66. The van der Waals surface area contributed by atoms with Crippen LogP contribution in [-0.4, -0.2) is 65.6 Å². The fraction of sp³-hybridized carbons (Fsp3) is 0.375. The second kappa shape index (κ2) is 10.2. The van der Waals surface area contributed by atoms with Crippen molar-refractivity contribution in [2.75, 3.05) is 11.9 Å². The van der Waals surface area contributed by atoms with Crippen molar-refractivity contribution in [1.29, 1.82) is 0 Å². The van der Waals surface area contributed by atoms with Crippen LogP contribution in [-0.2, 0) is 48.4 Å². The van der Waals surface area contributed by atoms with Crippen LogP contribution in [0.15, 0.2) is 35.0 Å². The number of carbonyl (C=O) groups is 1. The second-order valence-electron chi connectivity index (χ2n) is 9.18. The molecule has 38 heavy (non-hydrogen) atoms. The van der Waals surface area contributed by atoms with Gasteiger partial charge >= 0.3 is 6.61 Å². The first-order chi connectivity index (χ1) is 18.5. The third-order valence-electron chi connectivity index (χ3n) is 6.60. The highest BCUT2D eigenvalue weighted by Gasteiger charge is 2.25. The minimum atomic E-state index is -2.79. The molecule has 4 heterocycles. The number of amides is 1. The maximum atomic E-state index is 12.7. The maximum absolute atomic E-state index is 12.7. The summed E-state index contributed by atoms with van der Waals surface area (Å²) in [6, 6.07) is 5.73. The van der Waals surface area contributed by atoms with Gasteiger partial charge in [0.2, 0.25) is 17.7 Å². The van der Waals surface area contributed by atoms with Crippen molar-refractivity contribution in [3.05, 3.63) is 64.6 Å². The van der Waals surface area contributed by atoms with Crippen molar-refractivity contribution in [3.8, 4) is 11.5 Å². The predicted molar refractivity (Wildman–Crippen MR) is 127 cm³/mol. The van der Waals surface area contributed by atoms with E-state index in [1.165, 1.54) is 0 Å². The Kier molecular flexibility index (Phi) is 6.45. The monoisotopic (exact) mass is 523 g/mol. The standard InChI is InChI=1S/C24H23F2N9O3/c25-23(26)37-12-13-1-2-14-6-17(7-15(14)5-13)29-24-27-9-16(10-28-24)22-33-32-20(38-22)8-21(36)35-4-3-18-19(11-35)31-34-30-18/h1-2,5,9-10,17,23H,3-4,6-8,11-12H2,(H,27,28,29)(H,30,31,34). The molecule has 1 amide bonds. The van der Waals surface area contributed by atoms with E-state index in [4.69, 9.17) is 4.42 Å². The van der Waals surface area contributed by atoms with Crippen molar-refractivity contribution < 1.29 is 22.7 Å². The van der Waals surface area contributed by atoms with Gasteiger partial charge in [0.25, 0.3) is 5.89 Å². The first kappa shape index (κ1) is 24.0. The number of halogens is 2. The number of benzene rings is 1. The van der Waals surface area contributed by atoms with Gasteiger partial charge in [0.1, 0.15) is 12.1 Å². The number of carbonyl (C=O) groups excluding carboxylic acids is 1. The number of aromatic amines is 1. The van der Waals surface area contributed by atoms with Crippen molar-refractivity contribution in [2.45, 2.75) is 51.5 Å². The Bertz CT molecular complexity index is 1440. The first-order valence-electron chi connectivity index (χ1n) is 12.1. The zero-order chi connectivity index (χ0) is 26.1. The van der Waals surface area contributed by atoms with Gasteiger partial charge in [-0.1, -0.05) is 18.2 Å². The van der Waals surface area contributed by atoms with E-state index in [1.54, 1.807) is 23.4 Å². The zero-order valence-corrected chi connectivity index (χ0v) is 20.1. The molecule has 0 spiro atoms. The summed E-state index contributed by atoms with van der Waals surface area (Å²) in [5, 5.41) is 22.1. The molecule has 1 atom stereocenters. The summed E-state index contributed by atoms with van der Waals surface area (Å²) in [7, 11) is 0. The van der Waals surface area contributed by atoms with Gasteiger partial charge in [-0.3, -0.25) is 4.79 Å². The van der Waals surface area contributed by atoms with Crippen LogP contribution in [0.5, 0.6) is 0 Å². The zero-order valence-electron chi connectivity index (χ0n) is 20.1. The fourth-order valence-electron chi connectivity index (χ4n) is 4.72. The van der Waals surface area contributed by atoms with E-state index in [9.17, 15) is 13.6 Å². The van der Waals surface area contributed by atoms with Crippen LogP contribution in [0.25, 0.3) is 11.5 Å². The van der Waals surface area contributed by atoms with E-state index in [2.05, 4.69) is 45.6 Å². The lowest BCUT2D eigenvalue weighted by Crippen LogP contribution is -2.37. The molecule has 1 unspecified atom stereocenters. The first-order valence-corrected chi connectivity index (χ1v) is 12.1. The van der Waals surface area contributed by atoms with E-state index >= 15 is 0 Å². The number of hydrogen-bond acceptors (Lipinski definition) is 10. The molecule has 3 aromatic heterocycles. The molecule has 1 aliphatic carbocycles. The molecule has 1 aliphatic heterocycles. The highest BCUT2D eigenvalue weighted by Crippen LogP contribution is 2.26. The third kappa shape index (κ3) is 5.20. The quantitative estimate of drug-likeness (QED) is 0.352. The van der Waals surface area contributed by atoms with Crippen LogP contribution in [0.2, 0.25) is 0 Å². The minimum Gasteiger partial charge on any atom is -0.420 e. The van der Waals surface area contributed by atoms with Crippen LogP contribution in [0, 0.1) is 0 Å². The van der Waals surface area contributed by atoms with E-state index in [0.717, 1.165) is 35.4 Å². The second-order valence-corrected chi connectivity index (χ2v) is 9.18. The Labute approximate surface area is 214 Å². The fourth-order valence-corrected chi connectivity index (χ4v) is 4.72. The number of anilines is 1. The molecule has 196 valence electrons. The van der Waals surface area contributed by atoms with Crippen molar-refractivity contribution in [1.82, 2.24) is 40.5 Å². The molecule has 2 aliphatic rings. The number of nitrogens with one attached hydrogen (secondary N) is 2. The van der Waals surface area contributed by atoms with Gasteiger partial charge < -0.3 is 19.4 Å². The van der Waals surface area contributed by atoms with Crippen LogP contribution in [0.4, 0.5) is 14.7 Å². The van der Waals surface area contributed by atoms with E-state index in [0.29, 0.717) is 36.6 Å². The van der Waals surface area contributed by atoms with Crippen LogP contribution in [0.1, 0.15) is 34.0 Å². The Balaban J connectivity index is 1.03. The van der Waals surface area contributed by atoms with E-state index in [1.807, 2.05) is 12.1 Å². The van der Waals surface area contributed by atoms with Crippen LogP contribution < -0.4 is 5.32 Å². The molecule has 0 radical (unpaired) electrons. The van der Waals surface area contributed by atoms with E-state index < -0.39 is 6.61 Å². The number of alkyl halides is 2. The lowest BCUT2D eigenvalue weighted by atomic mass is 10.1. The number of rotatable bonds is 8. The number of H-pyrrole nitrogens is 1. The Hall–Kier alpha value is -4.33. The molecule has 2 N–H and O–H groups in total. The highest BCUT2D eigenvalue weighted by atomic mass is 19.3. The molecule has 0 bridgehead atoms. The number of fused-ring (bicyclic) bond motifs is 2. The largest absolute Gasteiger partial charge is 0.420 e. The summed E-state index contributed by atoms with van der Waals surface area (Å²) in [5.41, 5.74) is 5.15. The van der Waals surface area contributed by atoms with Gasteiger partial charge in [-0.2, -0.15) is 24.2 Å². The van der Waals surface area contributed by atoms with Crippen LogP contribution in [0.3, 0.4) is 0 Å². The SMILES string of the molecule is O=C(Cc1nnc(-c2cnc(NC3Cc4ccc(COC(F)F)cc4C3)nc2)o1)N1CCc2n[nH]nc2C1. The summed E-state index contributed by atoms with van der Waals surface area (Å²) in [6.07, 6.45) is 5.28. The summed E-state index contributed by atoms with van der Waals surface area (Å²) in [5.74, 6) is 0.750. The lowest BCUT2D eigenvalue weighted by Gasteiger charge is -2.24. The predicted octanol–water partition coefficient (Wildman–Crippen LogP) is 2.09. The molecular weight excluding hydrogens is 500 g/mol.